The van der Waals surface area contributed by atoms with Crippen LogP contribution in [-0.2, 0) is 11.3 Å². The van der Waals surface area contributed by atoms with Gasteiger partial charge in [-0.25, -0.2) is 9.78 Å². The van der Waals surface area contributed by atoms with Crippen molar-refractivity contribution < 1.29 is 9.53 Å². The van der Waals surface area contributed by atoms with Crippen LogP contribution >= 0.6 is 0 Å². The van der Waals surface area contributed by atoms with Gasteiger partial charge < -0.3 is 9.30 Å². The van der Waals surface area contributed by atoms with Gasteiger partial charge in [0.15, 0.2) is 5.69 Å². The summed E-state index contributed by atoms with van der Waals surface area (Å²) in [5, 5.41) is 0. The molecular formula is C17H20N2O2. The molecule has 1 aromatic carbocycles. The lowest BCUT2D eigenvalue weighted by Gasteiger charge is -2.11. The number of benzene rings is 1. The molecule has 3 rings (SSSR count). The van der Waals surface area contributed by atoms with E-state index in [0.29, 0.717) is 18.2 Å². The first-order valence-electron chi connectivity index (χ1n) is 7.50. The first-order chi connectivity index (χ1) is 10.2. The molecule has 0 aliphatic heterocycles. The van der Waals surface area contributed by atoms with E-state index in [0.717, 1.165) is 23.6 Å². The minimum absolute atomic E-state index is 0.273. The maximum absolute atomic E-state index is 12.2. The number of hydrogen-bond acceptors (Lipinski definition) is 3. The van der Waals surface area contributed by atoms with Crippen molar-refractivity contribution in [1.82, 2.24) is 9.55 Å². The van der Waals surface area contributed by atoms with Gasteiger partial charge in [0.05, 0.1) is 12.3 Å². The summed E-state index contributed by atoms with van der Waals surface area (Å²) in [6, 6.07) is 10.0. The summed E-state index contributed by atoms with van der Waals surface area (Å²) in [5.41, 5.74) is 2.38. The van der Waals surface area contributed by atoms with Crippen LogP contribution in [-0.4, -0.2) is 22.1 Å². The van der Waals surface area contributed by atoms with E-state index in [-0.39, 0.29) is 5.97 Å². The molecule has 4 nitrogen and oxygen atoms in total. The van der Waals surface area contributed by atoms with E-state index in [4.69, 9.17) is 4.74 Å². The highest BCUT2D eigenvalue weighted by Gasteiger charge is 2.28. The van der Waals surface area contributed by atoms with Gasteiger partial charge in [0.2, 0.25) is 0 Å². The van der Waals surface area contributed by atoms with Crippen molar-refractivity contribution >= 4 is 5.97 Å². The van der Waals surface area contributed by atoms with Gasteiger partial charge in [-0.15, -0.1) is 0 Å². The van der Waals surface area contributed by atoms with Crippen LogP contribution in [0.5, 0.6) is 0 Å². The van der Waals surface area contributed by atoms with Crippen molar-refractivity contribution in [2.24, 2.45) is 5.92 Å². The highest BCUT2D eigenvalue weighted by Crippen LogP contribution is 2.34. The van der Waals surface area contributed by atoms with Crippen molar-refractivity contribution in [3.05, 3.63) is 41.7 Å². The molecule has 0 spiro atoms. The molecule has 0 atom stereocenters. The fraction of sp³-hybridized carbons (Fsp3) is 0.412. The first kappa shape index (κ1) is 13.9. The molecule has 0 saturated heterocycles. The van der Waals surface area contributed by atoms with Crippen LogP contribution in [0.15, 0.2) is 30.3 Å². The van der Waals surface area contributed by atoms with Gasteiger partial charge in [0, 0.05) is 12.1 Å². The molecule has 1 saturated carbocycles. The molecule has 0 unspecified atom stereocenters. The summed E-state index contributed by atoms with van der Waals surface area (Å²) in [4.78, 5) is 16.9. The number of nitrogens with zero attached hydrogens (tertiary/aromatic N) is 2. The zero-order valence-corrected chi connectivity index (χ0v) is 12.5. The second-order valence-electron chi connectivity index (χ2n) is 5.51. The maximum atomic E-state index is 12.2. The monoisotopic (exact) mass is 284 g/mol. The Morgan fingerprint density at radius 2 is 2.05 bits per heavy atom. The molecule has 110 valence electrons. The van der Waals surface area contributed by atoms with Crippen molar-refractivity contribution in [2.75, 3.05) is 6.61 Å². The lowest BCUT2D eigenvalue weighted by molar-refractivity contribution is 0.0512. The number of hydrogen-bond donors (Lipinski definition) is 0. The number of ether oxygens (including phenoxy) is 1. The van der Waals surface area contributed by atoms with Crippen LogP contribution in [0, 0.1) is 12.8 Å². The summed E-state index contributed by atoms with van der Waals surface area (Å²) < 4.78 is 7.24. The predicted molar refractivity (Wildman–Crippen MR) is 81.1 cm³/mol. The summed E-state index contributed by atoms with van der Waals surface area (Å²) in [5.74, 6) is 1.25. The topological polar surface area (TPSA) is 44.1 Å². The largest absolute Gasteiger partial charge is 0.461 e. The maximum Gasteiger partial charge on any atom is 0.356 e. The first-order valence-corrected chi connectivity index (χ1v) is 7.50. The van der Waals surface area contributed by atoms with Crippen LogP contribution in [0.25, 0.3) is 11.4 Å². The third-order valence-electron chi connectivity index (χ3n) is 3.78. The quantitative estimate of drug-likeness (QED) is 0.790. The Morgan fingerprint density at radius 1 is 1.33 bits per heavy atom. The van der Waals surface area contributed by atoms with Gasteiger partial charge in [-0.05, 0) is 32.6 Å². The Bertz CT molecular complexity index is 642. The van der Waals surface area contributed by atoms with Crippen molar-refractivity contribution in [3.63, 3.8) is 0 Å². The van der Waals surface area contributed by atoms with Gasteiger partial charge in [0.1, 0.15) is 5.82 Å². The molecule has 0 N–H and O–H groups in total. The molecule has 1 aliphatic rings. The average molecular weight is 284 g/mol. The van der Waals surface area contributed by atoms with Crippen LogP contribution in [0.3, 0.4) is 0 Å². The third-order valence-corrected chi connectivity index (χ3v) is 3.78. The normalized spacial score (nSPS) is 14.2. The van der Waals surface area contributed by atoms with Crippen molar-refractivity contribution in [1.29, 1.82) is 0 Å². The molecule has 21 heavy (non-hydrogen) atoms. The molecule has 1 fully saturated rings. The van der Waals surface area contributed by atoms with Gasteiger partial charge in [-0.1, -0.05) is 30.3 Å². The lowest BCUT2D eigenvalue weighted by Crippen LogP contribution is -2.15. The molecule has 4 heteroatoms. The standard InChI is InChI=1S/C17H20N2O2/c1-3-21-17(20)15-12(2)18-16(14-7-5-4-6-8-14)19(15)11-13-9-10-13/h4-8,13H,3,9-11H2,1-2H3. The second kappa shape index (κ2) is 5.72. The van der Waals surface area contributed by atoms with Gasteiger partial charge in [0.25, 0.3) is 0 Å². The number of aromatic nitrogens is 2. The van der Waals surface area contributed by atoms with Crippen LogP contribution in [0.2, 0.25) is 0 Å². The van der Waals surface area contributed by atoms with Crippen LogP contribution < -0.4 is 0 Å². The van der Waals surface area contributed by atoms with Crippen molar-refractivity contribution in [2.45, 2.75) is 33.2 Å². The number of esters is 1. The van der Waals surface area contributed by atoms with E-state index < -0.39 is 0 Å². The van der Waals surface area contributed by atoms with E-state index in [1.54, 1.807) is 0 Å². The van der Waals surface area contributed by atoms with Gasteiger partial charge in [-0.3, -0.25) is 0 Å². The molecule has 1 heterocycles. The Balaban J connectivity index is 2.07. The van der Waals surface area contributed by atoms with Crippen LogP contribution in [0.4, 0.5) is 0 Å². The molecule has 1 aromatic heterocycles. The molecule has 0 radical (unpaired) electrons. The van der Waals surface area contributed by atoms with Crippen molar-refractivity contribution in [3.8, 4) is 11.4 Å². The zero-order chi connectivity index (χ0) is 14.8. The Kier molecular flexibility index (Phi) is 3.78. The lowest BCUT2D eigenvalue weighted by atomic mass is 10.2. The number of rotatable bonds is 5. The fourth-order valence-corrected chi connectivity index (χ4v) is 2.57. The fourth-order valence-electron chi connectivity index (χ4n) is 2.57. The Hall–Kier alpha value is -2.10. The zero-order valence-electron chi connectivity index (χ0n) is 12.5. The number of aryl methyl sites for hydroxylation is 1. The summed E-state index contributed by atoms with van der Waals surface area (Å²) in [7, 11) is 0. The van der Waals surface area contributed by atoms with Gasteiger partial charge in [-0.2, -0.15) is 0 Å². The number of imidazole rings is 1. The highest BCUT2D eigenvalue weighted by molar-refractivity contribution is 5.90. The minimum Gasteiger partial charge on any atom is -0.461 e. The SMILES string of the molecule is CCOC(=O)c1c(C)nc(-c2ccccc2)n1CC1CC1. The van der Waals surface area contributed by atoms with E-state index in [9.17, 15) is 4.79 Å². The van der Waals surface area contributed by atoms with Crippen LogP contribution in [0.1, 0.15) is 35.9 Å². The second-order valence-corrected chi connectivity index (χ2v) is 5.51. The third kappa shape index (κ3) is 2.84. The van der Waals surface area contributed by atoms with E-state index in [2.05, 4.69) is 4.98 Å². The molecule has 1 aliphatic carbocycles. The molecule has 0 amide bonds. The summed E-state index contributed by atoms with van der Waals surface area (Å²) in [6.45, 7) is 4.93. The smallest absolute Gasteiger partial charge is 0.356 e. The molecule has 0 bridgehead atoms. The average Bonchev–Trinajstić information content (AvgIpc) is 3.23. The van der Waals surface area contributed by atoms with E-state index in [1.807, 2.05) is 48.7 Å². The van der Waals surface area contributed by atoms with Gasteiger partial charge >= 0.3 is 5.97 Å². The Labute approximate surface area is 124 Å². The molecule has 2 aromatic rings. The summed E-state index contributed by atoms with van der Waals surface area (Å²) in [6.07, 6.45) is 2.46. The summed E-state index contributed by atoms with van der Waals surface area (Å²) >= 11 is 0. The highest BCUT2D eigenvalue weighted by atomic mass is 16.5. The number of carbonyl (C=O) groups excluding carboxylic acids is 1. The molecular weight excluding hydrogens is 264 g/mol. The van der Waals surface area contributed by atoms with E-state index >= 15 is 0 Å². The van der Waals surface area contributed by atoms with E-state index in [1.165, 1.54) is 12.8 Å². The predicted octanol–water partition coefficient (Wildman–Crippen LogP) is 3.45. The Morgan fingerprint density at radius 3 is 2.67 bits per heavy atom. The minimum atomic E-state index is -0.273. The number of carbonyl (C=O) groups is 1.